The number of alkyl halides is 3. The Morgan fingerprint density at radius 2 is 1.94 bits per heavy atom. The molecule has 0 saturated carbocycles. The number of hydrogen-bond donors (Lipinski definition) is 2. The van der Waals surface area contributed by atoms with Crippen LogP contribution in [0.5, 0.6) is 5.75 Å². The number of amides is 1. The van der Waals surface area contributed by atoms with Gasteiger partial charge in [-0.15, -0.1) is 0 Å². The van der Waals surface area contributed by atoms with Crippen LogP contribution in [0.3, 0.4) is 0 Å². The Bertz CT molecular complexity index is 1050. The average Bonchev–Trinajstić information content (AvgIpc) is 2.88. The first kappa shape index (κ1) is 26.1. The lowest BCUT2D eigenvalue weighted by atomic mass is 9.99. The van der Waals surface area contributed by atoms with Crippen LogP contribution in [0.25, 0.3) is 0 Å². The van der Waals surface area contributed by atoms with Crippen molar-refractivity contribution in [2.24, 2.45) is 0 Å². The van der Waals surface area contributed by atoms with Crippen LogP contribution in [0.1, 0.15) is 35.3 Å². The summed E-state index contributed by atoms with van der Waals surface area (Å²) >= 11 is 0. The van der Waals surface area contributed by atoms with Gasteiger partial charge in [-0.25, -0.2) is 9.97 Å². The molecule has 1 aromatic heterocycles. The number of benzene rings is 1. The minimum Gasteiger partial charge on any atom is -0.491 e. The van der Waals surface area contributed by atoms with Gasteiger partial charge in [-0.1, -0.05) is 6.07 Å². The van der Waals surface area contributed by atoms with Gasteiger partial charge < -0.3 is 29.7 Å². The quantitative estimate of drug-likeness (QED) is 0.587. The maximum atomic E-state index is 13.3. The van der Waals surface area contributed by atoms with Crippen molar-refractivity contribution < 1.29 is 32.2 Å². The molecule has 1 amide bonds. The van der Waals surface area contributed by atoms with Crippen molar-refractivity contribution in [1.82, 2.24) is 20.2 Å². The Balaban J connectivity index is 1.42. The molecule has 2 atom stereocenters. The molecule has 3 heterocycles. The number of piperidine rings is 1. The second kappa shape index (κ2) is 11.4. The lowest BCUT2D eigenvalue weighted by Gasteiger charge is -2.38. The highest BCUT2D eigenvalue weighted by Crippen LogP contribution is 2.33. The highest BCUT2D eigenvalue weighted by molar-refractivity contribution is 5.96. The highest BCUT2D eigenvalue weighted by Gasteiger charge is 2.33. The van der Waals surface area contributed by atoms with Gasteiger partial charge in [-0.3, -0.25) is 4.79 Å². The summed E-state index contributed by atoms with van der Waals surface area (Å²) in [6, 6.07) is 5.17. The Labute approximate surface area is 207 Å². The van der Waals surface area contributed by atoms with Crippen LogP contribution in [0.15, 0.2) is 30.6 Å². The van der Waals surface area contributed by atoms with Crippen molar-refractivity contribution in [3.8, 4) is 5.75 Å². The molecular formula is C24H30F3N5O4. The van der Waals surface area contributed by atoms with Gasteiger partial charge in [0, 0.05) is 44.6 Å². The van der Waals surface area contributed by atoms with E-state index in [0.717, 1.165) is 31.4 Å². The topological polar surface area (TPSA) is 97.8 Å². The number of ether oxygens (including phenoxy) is 3. The number of likely N-dealkylation sites (tertiary alicyclic amines) is 1. The van der Waals surface area contributed by atoms with Crippen molar-refractivity contribution in [2.75, 3.05) is 45.8 Å². The molecule has 196 valence electrons. The predicted molar refractivity (Wildman–Crippen MR) is 125 cm³/mol. The first-order valence-electron chi connectivity index (χ1n) is 11.8. The van der Waals surface area contributed by atoms with Crippen molar-refractivity contribution in [1.29, 1.82) is 0 Å². The summed E-state index contributed by atoms with van der Waals surface area (Å²) < 4.78 is 55.7. The van der Waals surface area contributed by atoms with Crippen LogP contribution in [0.4, 0.5) is 24.7 Å². The molecule has 2 saturated heterocycles. The molecule has 36 heavy (non-hydrogen) atoms. The van der Waals surface area contributed by atoms with Gasteiger partial charge in [0.25, 0.3) is 5.91 Å². The Kier molecular flexibility index (Phi) is 8.27. The largest absolute Gasteiger partial charge is 0.491 e. The van der Waals surface area contributed by atoms with Crippen LogP contribution in [0.2, 0.25) is 0 Å². The van der Waals surface area contributed by atoms with Crippen LogP contribution >= 0.6 is 0 Å². The number of nitrogens with one attached hydrogen (secondary N) is 2. The maximum Gasteiger partial charge on any atom is 0.416 e. The fourth-order valence-corrected chi connectivity index (χ4v) is 4.56. The van der Waals surface area contributed by atoms with E-state index >= 15 is 0 Å². The third-order valence-electron chi connectivity index (χ3n) is 6.50. The molecule has 1 aromatic carbocycles. The molecule has 2 aliphatic rings. The lowest BCUT2D eigenvalue weighted by Crippen LogP contribution is -2.54. The van der Waals surface area contributed by atoms with Gasteiger partial charge in [0.15, 0.2) is 17.3 Å². The fraction of sp³-hybridized carbons (Fsp3) is 0.542. The molecule has 0 unspecified atom stereocenters. The van der Waals surface area contributed by atoms with E-state index in [-0.39, 0.29) is 47.0 Å². The summed E-state index contributed by atoms with van der Waals surface area (Å²) in [5, 5.41) is 6.47. The van der Waals surface area contributed by atoms with Crippen molar-refractivity contribution >= 4 is 17.4 Å². The number of rotatable bonds is 7. The third kappa shape index (κ3) is 6.05. The molecule has 0 radical (unpaired) electrons. The van der Waals surface area contributed by atoms with Gasteiger partial charge in [0.2, 0.25) is 0 Å². The van der Waals surface area contributed by atoms with Gasteiger partial charge in [-0.2, -0.15) is 13.2 Å². The second-order valence-electron chi connectivity index (χ2n) is 8.79. The van der Waals surface area contributed by atoms with E-state index in [1.807, 2.05) is 0 Å². The van der Waals surface area contributed by atoms with E-state index < -0.39 is 11.7 Å². The van der Waals surface area contributed by atoms with E-state index in [1.54, 1.807) is 12.0 Å². The molecule has 0 spiro atoms. The third-order valence-corrected chi connectivity index (χ3v) is 6.50. The van der Waals surface area contributed by atoms with Crippen LogP contribution < -0.4 is 15.4 Å². The van der Waals surface area contributed by atoms with Gasteiger partial charge in [-0.05, 0) is 37.5 Å². The molecule has 2 N–H and O–H groups in total. The second-order valence-corrected chi connectivity index (χ2v) is 8.79. The van der Waals surface area contributed by atoms with E-state index in [4.69, 9.17) is 14.2 Å². The van der Waals surface area contributed by atoms with Gasteiger partial charge in [0.1, 0.15) is 6.33 Å². The van der Waals surface area contributed by atoms with Gasteiger partial charge >= 0.3 is 6.18 Å². The lowest BCUT2D eigenvalue weighted by molar-refractivity contribution is -0.137. The van der Waals surface area contributed by atoms with Crippen molar-refractivity contribution in [3.05, 3.63) is 41.9 Å². The molecule has 2 aliphatic heterocycles. The minimum atomic E-state index is -4.48. The van der Waals surface area contributed by atoms with Crippen molar-refractivity contribution in [3.63, 3.8) is 0 Å². The van der Waals surface area contributed by atoms with Crippen LogP contribution in [0, 0.1) is 0 Å². The summed E-state index contributed by atoms with van der Waals surface area (Å²) in [7, 11) is 3.05. The number of halogens is 3. The highest BCUT2D eigenvalue weighted by atomic mass is 19.4. The number of aromatic nitrogens is 2. The van der Waals surface area contributed by atoms with Crippen LogP contribution in [-0.2, 0) is 15.7 Å². The number of anilines is 2. The predicted octanol–water partition coefficient (Wildman–Crippen LogP) is 3.25. The summed E-state index contributed by atoms with van der Waals surface area (Å²) in [4.78, 5) is 23.2. The summed E-state index contributed by atoms with van der Waals surface area (Å²) in [6.45, 7) is 2.32. The first-order chi connectivity index (χ1) is 17.3. The zero-order valence-electron chi connectivity index (χ0n) is 20.2. The normalized spacial score (nSPS) is 21.3. The van der Waals surface area contributed by atoms with Crippen LogP contribution in [-0.4, -0.2) is 79.5 Å². The number of carbonyl (C=O) groups excluding carboxylic acids is 1. The smallest absolute Gasteiger partial charge is 0.416 e. The number of methoxy groups -OCH3 is 2. The summed E-state index contributed by atoms with van der Waals surface area (Å²) in [5.74, 6) is -0.136. The molecule has 4 rings (SSSR count). The fourth-order valence-electron chi connectivity index (χ4n) is 4.56. The van der Waals surface area contributed by atoms with Gasteiger partial charge in [0.05, 0.1) is 25.4 Å². The molecule has 0 aliphatic carbocycles. The molecule has 0 bridgehead atoms. The average molecular weight is 510 g/mol. The zero-order valence-corrected chi connectivity index (χ0v) is 20.2. The maximum absolute atomic E-state index is 13.3. The van der Waals surface area contributed by atoms with E-state index in [0.29, 0.717) is 26.3 Å². The molecule has 12 heteroatoms. The number of nitrogens with zero attached hydrogens (tertiary/aromatic N) is 3. The molecule has 9 nitrogen and oxygen atoms in total. The number of hydrogen-bond acceptors (Lipinski definition) is 8. The number of carbonyl (C=O) groups is 1. The van der Waals surface area contributed by atoms with E-state index in [9.17, 15) is 18.0 Å². The molecule has 2 aromatic rings. The SMILES string of the molecule is COc1c(Nc2cccc(C(F)(F)F)c2)ncnc1C(=O)N1CCC(N[C@H]2CCOC[C@H]2OC)CC1. The monoisotopic (exact) mass is 509 g/mol. The first-order valence-corrected chi connectivity index (χ1v) is 11.8. The molecule has 2 fully saturated rings. The minimum absolute atomic E-state index is 0.00596. The van der Waals surface area contributed by atoms with Crippen molar-refractivity contribution in [2.45, 2.75) is 43.6 Å². The van der Waals surface area contributed by atoms with E-state index in [2.05, 4.69) is 20.6 Å². The summed E-state index contributed by atoms with van der Waals surface area (Å²) in [5.41, 5.74) is -0.585. The molecular weight excluding hydrogens is 479 g/mol. The summed E-state index contributed by atoms with van der Waals surface area (Å²) in [6.07, 6.45) is -0.880. The zero-order chi connectivity index (χ0) is 25.7. The Hall–Kier alpha value is -2.96. The van der Waals surface area contributed by atoms with E-state index in [1.165, 1.54) is 25.6 Å². The standard InChI is InChI=1S/C24H30F3N5O4/c1-34-19-13-36-11-8-18(19)30-16-6-9-32(10-7-16)23(33)20-21(35-2)22(29-14-28-20)31-17-5-3-4-15(12-17)24(25,26)27/h3-5,12,14,16,18-19,30H,6-11,13H2,1-2H3,(H,28,29,31)/t18-,19+/m0/s1. The Morgan fingerprint density at radius 3 is 2.64 bits per heavy atom. The Morgan fingerprint density at radius 1 is 1.17 bits per heavy atom.